The van der Waals surface area contributed by atoms with Crippen LogP contribution < -0.4 is 19.9 Å². The fourth-order valence-electron chi connectivity index (χ4n) is 1.84. The Balaban J connectivity index is 2.27. The van der Waals surface area contributed by atoms with Crippen LogP contribution in [0.1, 0.15) is 18.5 Å². The molecule has 4 nitrogen and oxygen atoms in total. The van der Waals surface area contributed by atoms with Crippen LogP contribution in [-0.2, 0) is 0 Å². The molecule has 1 atom stereocenters. The van der Waals surface area contributed by atoms with Crippen LogP contribution in [0.15, 0.2) is 42.5 Å². The molecule has 1 unspecified atom stereocenters. The van der Waals surface area contributed by atoms with Crippen molar-refractivity contribution < 1.29 is 14.2 Å². The van der Waals surface area contributed by atoms with Gasteiger partial charge in [0.2, 0.25) is 0 Å². The summed E-state index contributed by atoms with van der Waals surface area (Å²) in [6.07, 6.45) is 0. The second-order valence-corrected chi connectivity index (χ2v) is 4.51. The first-order chi connectivity index (χ1) is 9.62. The van der Waals surface area contributed by atoms with Crippen molar-refractivity contribution in [2.45, 2.75) is 13.0 Å². The third-order valence-corrected chi connectivity index (χ3v) is 2.94. The summed E-state index contributed by atoms with van der Waals surface area (Å²) in [6, 6.07) is 13.1. The Labute approximate surface area is 119 Å². The summed E-state index contributed by atoms with van der Waals surface area (Å²) >= 11 is 0. The molecule has 0 spiro atoms. The highest BCUT2D eigenvalue weighted by Crippen LogP contribution is 2.31. The fraction of sp³-hybridized carbons (Fsp3) is 0.250. The van der Waals surface area contributed by atoms with Crippen molar-refractivity contribution in [3.63, 3.8) is 0 Å². The van der Waals surface area contributed by atoms with E-state index < -0.39 is 0 Å². The average molecular weight is 273 g/mol. The molecule has 4 heteroatoms. The molecule has 0 bridgehead atoms. The minimum Gasteiger partial charge on any atom is -0.496 e. The SMILES string of the molecule is COc1cc(OC)cc(Oc2cccc(C(C)N)c2)c1. The van der Waals surface area contributed by atoms with Crippen LogP contribution in [0.4, 0.5) is 0 Å². The van der Waals surface area contributed by atoms with E-state index in [4.69, 9.17) is 19.9 Å². The van der Waals surface area contributed by atoms with E-state index in [0.717, 1.165) is 11.3 Å². The van der Waals surface area contributed by atoms with E-state index in [9.17, 15) is 0 Å². The van der Waals surface area contributed by atoms with Gasteiger partial charge in [-0.2, -0.15) is 0 Å². The fourth-order valence-corrected chi connectivity index (χ4v) is 1.84. The molecule has 0 fully saturated rings. The summed E-state index contributed by atoms with van der Waals surface area (Å²) in [6.45, 7) is 1.94. The lowest BCUT2D eigenvalue weighted by molar-refractivity contribution is 0.386. The zero-order valence-corrected chi connectivity index (χ0v) is 11.9. The molecular weight excluding hydrogens is 254 g/mol. The highest BCUT2D eigenvalue weighted by Gasteiger charge is 2.06. The first-order valence-corrected chi connectivity index (χ1v) is 6.39. The van der Waals surface area contributed by atoms with Gasteiger partial charge in [-0.05, 0) is 24.6 Å². The Morgan fingerprint density at radius 3 is 2.00 bits per heavy atom. The molecular formula is C16H19NO3. The normalized spacial score (nSPS) is 11.8. The van der Waals surface area contributed by atoms with Crippen LogP contribution >= 0.6 is 0 Å². The smallest absolute Gasteiger partial charge is 0.134 e. The van der Waals surface area contributed by atoms with Crippen molar-refractivity contribution in [3.05, 3.63) is 48.0 Å². The number of nitrogens with two attached hydrogens (primary N) is 1. The second kappa shape index (κ2) is 6.30. The summed E-state index contributed by atoms with van der Waals surface area (Å²) in [4.78, 5) is 0. The van der Waals surface area contributed by atoms with E-state index in [-0.39, 0.29) is 6.04 Å². The summed E-state index contributed by atoms with van der Waals surface area (Å²) in [5.74, 6) is 2.75. The summed E-state index contributed by atoms with van der Waals surface area (Å²) in [5.41, 5.74) is 6.90. The highest BCUT2D eigenvalue weighted by molar-refractivity contribution is 5.44. The van der Waals surface area contributed by atoms with E-state index in [1.165, 1.54) is 0 Å². The van der Waals surface area contributed by atoms with Gasteiger partial charge >= 0.3 is 0 Å². The molecule has 0 amide bonds. The molecule has 2 aromatic carbocycles. The largest absolute Gasteiger partial charge is 0.496 e. The zero-order valence-electron chi connectivity index (χ0n) is 11.9. The average Bonchev–Trinajstić information content (AvgIpc) is 2.47. The van der Waals surface area contributed by atoms with Crippen molar-refractivity contribution in [1.29, 1.82) is 0 Å². The molecule has 0 heterocycles. The van der Waals surface area contributed by atoms with Gasteiger partial charge in [-0.3, -0.25) is 0 Å². The lowest BCUT2D eigenvalue weighted by atomic mass is 10.1. The maximum Gasteiger partial charge on any atom is 0.134 e. The van der Waals surface area contributed by atoms with E-state index in [0.29, 0.717) is 17.2 Å². The molecule has 0 saturated carbocycles. The van der Waals surface area contributed by atoms with Crippen LogP contribution in [0.2, 0.25) is 0 Å². The van der Waals surface area contributed by atoms with Crippen molar-refractivity contribution >= 4 is 0 Å². The number of methoxy groups -OCH3 is 2. The summed E-state index contributed by atoms with van der Waals surface area (Å²) < 4.78 is 16.3. The van der Waals surface area contributed by atoms with Gasteiger partial charge in [0, 0.05) is 24.2 Å². The zero-order chi connectivity index (χ0) is 14.5. The van der Waals surface area contributed by atoms with Crippen molar-refractivity contribution in [1.82, 2.24) is 0 Å². The molecule has 2 N–H and O–H groups in total. The third-order valence-electron chi connectivity index (χ3n) is 2.94. The number of hydrogen-bond acceptors (Lipinski definition) is 4. The Bertz CT molecular complexity index is 559. The standard InChI is InChI=1S/C16H19NO3/c1-11(17)12-5-4-6-13(7-12)20-16-9-14(18-2)8-15(10-16)19-3/h4-11H,17H2,1-3H3. The van der Waals surface area contributed by atoms with Gasteiger partial charge in [-0.1, -0.05) is 12.1 Å². The lowest BCUT2D eigenvalue weighted by Crippen LogP contribution is -2.04. The second-order valence-electron chi connectivity index (χ2n) is 4.51. The Morgan fingerprint density at radius 2 is 1.45 bits per heavy atom. The quantitative estimate of drug-likeness (QED) is 0.905. The Kier molecular flexibility index (Phi) is 4.48. The van der Waals surface area contributed by atoms with Gasteiger partial charge in [-0.15, -0.1) is 0 Å². The van der Waals surface area contributed by atoms with Gasteiger partial charge in [0.05, 0.1) is 14.2 Å². The summed E-state index contributed by atoms with van der Waals surface area (Å²) in [5, 5.41) is 0. The maximum absolute atomic E-state index is 5.87. The number of ether oxygens (including phenoxy) is 3. The molecule has 0 radical (unpaired) electrons. The first-order valence-electron chi connectivity index (χ1n) is 6.39. The molecule has 0 saturated heterocycles. The van der Waals surface area contributed by atoms with Gasteiger partial charge in [0.15, 0.2) is 0 Å². The molecule has 0 aliphatic rings. The maximum atomic E-state index is 5.87. The van der Waals surface area contributed by atoms with Crippen LogP contribution in [0, 0.1) is 0 Å². The number of rotatable bonds is 5. The minimum absolute atomic E-state index is 0.0293. The van der Waals surface area contributed by atoms with Crippen molar-refractivity contribution in [2.24, 2.45) is 5.73 Å². The molecule has 0 aliphatic carbocycles. The van der Waals surface area contributed by atoms with Gasteiger partial charge < -0.3 is 19.9 Å². The number of benzene rings is 2. The molecule has 0 aliphatic heterocycles. The van der Waals surface area contributed by atoms with Crippen molar-refractivity contribution in [3.8, 4) is 23.0 Å². The van der Waals surface area contributed by atoms with Gasteiger partial charge in [0.25, 0.3) is 0 Å². The lowest BCUT2D eigenvalue weighted by Gasteiger charge is -2.12. The predicted molar refractivity (Wildman–Crippen MR) is 78.7 cm³/mol. The molecule has 20 heavy (non-hydrogen) atoms. The molecule has 2 aromatic rings. The van der Waals surface area contributed by atoms with Crippen LogP contribution in [0.25, 0.3) is 0 Å². The van der Waals surface area contributed by atoms with E-state index in [2.05, 4.69) is 0 Å². The van der Waals surface area contributed by atoms with Crippen LogP contribution in [-0.4, -0.2) is 14.2 Å². The monoisotopic (exact) mass is 273 g/mol. The number of hydrogen-bond donors (Lipinski definition) is 1. The van der Waals surface area contributed by atoms with Gasteiger partial charge in [0.1, 0.15) is 23.0 Å². The minimum atomic E-state index is -0.0293. The van der Waals surface area contributed by atoms with Crippen molar-refractivity contribution in [2.75, 3.05) is 14.2 Å². The van der Waals surface area contributed by atoms with Crippen LogP contribution in [0.5, 0.6) is 23.0 Å². The Hall–Kier alpha value is -2.20. The molecule has 106 valence electrons. The van der Waals surface area contributed by atoms with E-state index >= 15 is 0 Å². The van der Waals surface area contributed by atoms with E-state index in [1.807, 2.05) is 31.2 Å². The first kappa shape index (κ1) is 14.2. The van der Waals surface area contributed by atoms with E-state index in [1.54, 1.807) is 32.4 Å². The third kappa shape index (κ3) is 3.42. The Morgan fingerprint density at radius 1 is 0.850 bits per heavy atom. The molecule has 2 rings (SSSR count). The molecule has 0 aromatic heterocycles. The summed E-state index contributed by atoms with van der Waals surface area (Å²) in [7, 11) is 3.21. The van der Waals surface area contributed by atoms with Gasteiger partial charge in [-0.25, -0.2) is 0 Å². The topological polar surface area (TPSA) is 53.7 Å². The predicted octanol–water partition coefficient (Wildman–Crippen LogP) is 3.52. The van der Waals surface area contributed by atoms with Crippen LogP contribution in [0.3, 0.4) is 0 Å². The highest BCUT2D eigenvalue weighted by atomic mass is 16.5.